The topological polar surface area (TPSA) is 78.3 Å². The predicted octanol–water partition coefficient (Wildman–Crippen LogP) is 2.18. The molecule has 0 aliphatic rings. The smallest absolute Gasteiger partial charge is 0.252 e. The maximum atomic E-state index is 13.1. The zero-order chi connectivity index (χ0) is 13.8. The third-order valence-electron chi connectivity index (χ3n) is 2.61. The lowest BCUT2D eigenvalue weighted by atomic mass is 10.1. The number of amides is 1. The molecule has 0 aliphatic heterocycles. The zero-order valence-electron chi connectivity index (χ0n) is 10.1. The minimum atomic E-state index is -0.591. The lowest BCUT2D eigenvalue weighted by Gasteiger charge is -2.12. The average Bonchev–Trinajstić information content (AvgIpc) is 2.41. The Morgan fingerprint density at radius 2 is 1.89 bits per heavy atom. The fraction of sp³-hybridized carbons (Fsp3) is 0.0714. The Bertz CT molecular complexity index is 614. The molecule has 98 valence electrons. The van der Waals surface area contributed by atoms with Gasteiger partial charge in [0.2, 0.25) is 0 Å². The quantitative estimate of drug-likeness (QED) is 0.884. The molecule has 2 aromatic carbocycles. The van der Waals surface area contributed by atoms with Crippen molar-refractivity contribution < 1.29 is 13.9 Å². The Hall–Kier alpha value is -2.40. The van der Waals surface area contributed by atoms with Gasteiger partial charge in [-0.3, -0.25) is 4.79 Å². The van der Waals surface area contributed by atoms with E-state index in [0.29, 0.717) is 17.1 Å². The summed E-state index contributed by atoms with van der Waals surface area (Å²) in [6.07, 6.45) is 0. The van der Waals surface area contributed by atoms with E-state index in [4.69, 9.17) is 16.2 Å². The third-order valence-corrected chi connectivity index (χ3v) is 2.61. The molecule has 0 aromatic heterocycles. The van der Waals surface area contributed by atoms with Crippen molar-refractivity contribution in [3.05, 3.63) is 59.4 Å². The van der Waals surface area contributed by atoms with Gasteiger partial charge in [-0.15, -0.1) is 0 Å². The molecule has 0 bridgehead atoms. The normalized spacial score (nSPS) is 10.2. The summed E-state index contributed by atoms with van der Waals surface area (Å²) in [6, 6.07) is 10.6. The number of nitrogens with two attached hydrogens (primary N) is 2. The van der Waals surface area contributed by atoms with Gasteiger partial charge < -0.3 is 16.2 Å². The second kappa shape index (κ2) is 5.49. The van der Waals surface area contributed by atoms with E-state index in [1.54, 1.807) is 24.3 Å². The van der Waals surface area contributed by atoms with Gasteiger partial charge in [0.25, 0.3) is 5.91 Å². The van der Waals surface area contributed by atoms with Crippen LogP contribution in [0.2, 0.25) is 0 Å². The molecule has 5 heteroatoms. The molecular weight excluding hydrogens is 247 g/mol. The maximum Gasteiger partial charge on any atom is 0.252 e. The highest BCUT2D eigenvalue weighted by molar-refractivity contribution is 5.95. The third kappa shape index (κ3) is 2.89. The van der Waals surface area contributed by atoms with E-state index in [2.05, 4.69) is 0 Å². The minimum absolute atomic E-state index is 0.131. The molecule has 0 heterocycles. The van der Waals surface area contributed by atoms with E-state index in [1.165, 1.54) is 18.2 Å². The molecule has 0 aliphatic carbocycles. The number of para-hydroxylation sites is 1. The monoisotopic (exact) mass is 260 g/mol. The van der Waals surface area contributed by atoms with Crippen LogP contribution in [-0.4, -0.2) is 5.91 Å². The number of rotatable bonds is 4. The SMILES string of the molecule is NCc1cc(F)ccc1Oc1ccccc1C(N)=O. The van der Waals surface area contributed by atoms with E-state index in [0.717, 1.165) is 0 Å². The van der Waals surface area contributed by atoms with Crippen molar-refractivity contribution >= 4 is 5.91 Å². The molecule has 0 unspecified atom stereocenters. The first kappa shape index (κ1) is 13.0. The Kier molecular flexibility index (Phi) is 3.77. The van der Waals surface area contributed by atoms with Crippen LogP contribution >= 0.6 is 0 Å². The van der Waals surface area contributed by atoms with E-state index >= 15 is 0 Å². The number of primary amides is 1. The summed E-state index contributed by atoms with van der Waals surface area (Å²) in [7, 11) is 0. The molecule has 4 N–H and O–H groups in total. The number of carbonyl (C=O) groups is 1. The van der Waals surface area contributed by atoms with Crippen molar-refractivity contribution in [1.29, 1.82) is 0 Å². The van der Waals surface area contributed by atoms with E-state index in [1.807, 2.05) is 0 Å². The molecule has 1 amide bonds. The highest BCUT2D eigenvalue weighted by Crippen LogP contribution is 2.28. The average molecular weight is 260 g/mol. The summed E-state index contributed by atoms with van der Waals surface area (Å²) in [6.45, 7) is 0.131. The van der Waals surface area contributed by atoms with E-state index in [9.17, 15) is 9.18 Å². The summed E-state index contributed by atoms with van der Waals surface area (Å²) in [5.41, 5.74) is 11.6. The minimum Gasteiger partial charge on any atom is -0.456 e. The molecule has 2 rings (SSSR count). The molecule has 2 aromatic rings. The summed E-state index contributed by atoms with van der Waals surface area (Å²) < 4.78 is 18.7. The Morgan fingerprint density at radius 1 is 1.16 bits per heavy atom. The molecule has 0 saturated carbocycles. The van der Waals surface area contributed by atoms with Gasteiger partial charge in [0.1, 0.15) is 17.3 Å². The second-order valence-corrected chi connectivity index (χ2v) is 3.92. The predicted molar refractivity (Wildman–Crippen MR) is 69.3 cm³/mol. The van der Waals surface area contributed by atoms with Crippen molar-refractivity contribution in [2.24, 2.45) is 11.5 Å². The summed E-state index contributed by atoms with van der Waals surface area (Å²) in [5, 5.41) is 0. The summed E-state index contributed by atoms with van der Waals surface area (Å²) in [4.78, 5) is 11.3. The number of hydrogen-bond acceptors (Lipinski definition) is 3. The van der Waals surface area contributed by atoms with Gasteiger partial charge >= 0.3 is 0 Å². The van der Waals surface area contributed by atoms with E-state index in [-0.39, 0.29) is 12.1 Å². The fourth-order valence-electron chi connectivity index (χ4n) is 1.68. The molecule has 0 radical (unpaired) electrons. The van der Waals surface area contributed by atoms with Gasteiger partial charge in [0.15, 0.2) is 0 Å². The second-order valence-electron chi connectivity index (χ2n) is 3.92. The molecule has 4 nitrogen and oxygen atoms in total. The molecular formula is C14H13FN2O2. The molecule has 0 spiro atoms. The standard InChI is InChI=1S/C14H13FN2O2/c15-10-5-6-12(9(7-10)8-16)19-13-4-2-1-3-11(13)14(17)18/h1-7H,8,16H2,(H2,17,18). The van der Waals surface area contributed by atoms with Crippen LogP contribution in [-0.2, 0) is 6.54 Å². The molecule has 0 fully saturated rings. The van der Waals surface area contributed by atoms with Crippen LogP contribution in [0.5, 0.6) is 11.5 Å². The van der Waals surface area contributed by atoms with Crippen molar-refractivity contribution in [2.45, 2.75) is 6.54 Å². The Morgan fingerprint density at radius 3 is 2.58 bits per heavy atom. The fourth-order valence-corrected chi connectivity index (χ4v) is 1.68. The highest BCUT2D eigenvalue weighted by Gasteiger charge is 2.11. The summed E-state index contributed by atoms with van der Waals surface area (Å²) in [5.74, 6) is -0.267. The largest absolute Gasteiger partial charge is 0.456 e. The van der Waals surface area contributed by atoms with E-state index < -0.39 is 11.7 Å². The van der Waals surface area contributed by atoms with Crippen LogP contribution in [0.1, 0.15) is 15.9 Å². The number of carbonyl (C=O) groups excluding carboxylic acids is 1. The van der Waals surface area contributed by atoms with Crippen molar-refractivity contribution in [2.75, 3.05) is 0 Å². The van der Waals surface area contributed by atoms with Crippen molar-refractivity contribution in [1.82, 2.24) is 0 Å². The highest BCUT2D eigenvalue weighted by atomic mass is 19.1. The van der Waals surface area contributed by atoms with Crippen LogP contribution in [0.3, 0.4) is 0 Å². The van der Waals surface area contributed by atoms with Crippen LogP contribution in [0.15, 0.2) is 42.5 Å². The van der Waals surface area contributed by atoms with Crippen molar-refractivity contribution in [3.8, 4) is 11.5 Å². The van der Waals surface area contributed by atoms with Gasteiger partial charge in [0, 0.05) is 12.1 Å². The summed E-state index contributed by atoms with van der Waals surface area (Å²) >= 11 is 0. The van der Waals surface area contributed by atoms with Gasteiger partial charge in [-0.25, -0.2) is 4.39 Å². The van der Waals surface area contributed by atoms with Crippen LogP contribution in [0, 0.1) is 5.82 Å². The molecule has 0 saturated heterocycles. The number of hydrogen-bond donors (Lipinski definition) is 2. The zero-order valence-corrected chi connectivity index (χ0v) is 10.1. The number of benzene rings is 2. The lowest BCUT2D eigenvalue weighted by Crippen LogP contribution is -2.12. The van der Waals surface area contributed by atoms with Gasteiger partial charge in [-0.1, -0.05) is 12.1 Å². The first-order valence-electron chi connectivity index (χ1n) is 5.67. The van der Waals surface area contributed by atoms with Crippen LogP contribution in [0.25, 0.3) is 0 Å². The van der Waals surface area contributed by atoms with Gasteiger partial charge in [-0.2, -0.15) is 0 Å². The van der Waals surface area contributed by atoms with Crippen molar-refractivity contribution in [3.63, 3.8) is 0 Å². The Labute approximate surface area is 109 Å². The number of halogens is 1. The molecule has 19 heavy (non-hydrogen) atoms. The molecule has 0 atom stereocenters. The Balaban J connectivity index is 2.39. The van der Waals surface area contributed by atoms with Gasteiger partial charge in [-0.05, 0) is 30.3 Å². The van der Waals surface area contributed by atoms with Crippen LogP contribution in [0.4, 0.5) is 4.39 Å². The lowest BCUT2D eigenvalue weighted by molar-refractivity contribution is 0.0998. The first-order chi connectivity index (χ1) is 9.11. The number of ether oxygens (including phenoxy) is 1. The van der Waals surface area contributed by atoms with Crippen LogP contribution < -0.4 is 16.2 Å². The first-order valence-corrected chi connectivity index (χ1v) is 5.67. The maximum absolute atomic E-state index is 13.1. The van der Waals surface area contributed by atoms with Gasteiger partial charge in [0.05, 0.1) is 5.56 Å².